The number of amides is 3. The molecule has 124 valence electrons. The third kappa shape index (κ3) is 9.20. The highest BCUT2D eigenvalue weighted by Crippen LogP contribution is 2.11. The van der Waals surface area contributed by atoms with Crippen LogP contribution in [0, 0.1) is 0 Å². The first-order valence-corrected chi connectivity index (χ1v) is 7.24. The molecule has 0 unspecified atom stereocenters. The van der Waals surface area contributed by atoms with Crippen LogP contribution in [0.2, 0.25) is 0 Å². The Morgan fingerprint density at radius 1 is 1.00 bits per heavy atom. The van der Waals surface area contributed by atoms with Crippen molar-refractivity contribution in [1.82, 2.24) is 5.32 Å². The van der Waals surface area contributed by atoms with E-state index in [9.17, 15) is 9.59 Å². The van der Waals surface area contributed by atoms with Crippen molar-refractivity contribution in [2.24, 2.45) is 11.5 Å². The number of unbranched alkanes of at least 4 members (excludes halogenated alkanes) is 3. The Morgan fingerprint density at radius 3 is 2.23 bits per heavy atom. The smallest absolute Gasteiger partial charge is 0.312 e. The molecular weight excluding hydrogens is 304 g/mol. The van der Waals surface area contributed by atoms with Crippen molar-refractivity contribution in [3.8, 4) is 0 Å². The molecule has 0 heterocycles. The number of primary amides is 1. The van der Waals surface area contributed by atoms with Crippen LogP contribution in [0.5, 0.6) is 0 Å². The highest BCUT2D eigenvalue weighted by molar-refractivity contribution is 5.90. The summed E-state index contributed by atoms with van der Waals surface area (Å²) in [6.45, 7) is 1.09. The molecule has 6 nitrogen and oxygen atoms in total. The number of halogens is 1. The molecule has 0 atom stereocenters. The Bertz CT molecular complexity index is 451. The van der Waals surface area contributed by atoms with Crippen molar-refractivity contribution in [2.45, 2.75) is 38.6 Å². The van der Waals surface area contributed by atoms with Gasteiger partial charge in [-0.2, -0.15) is 0 Å². The van der Waals surface area contributed by atoms with E-state index in [0.717, 1.165) is 36.9 Å². The number of benzene rings is 1. The summed E-state index contributed by atoms with van der Waals surface area (Å²) < 4.78 is 0. The lowest BCUT2D eigenvalue weighted by Crippen LogP contribution is -2.28. The van der Waals surface area contributed by atoms with Crippen LogP contribution < -0.4 is 22.1 Å². The van der Waals surface area contributed by atoms with Gasteiger partial charge < -0.3 is 22.1 Å². The van der Waals surface area contributed by atoms with Crippen LogP contribution in [0.15, 0.2) is 24.3 Å². The van der Waals surface area contributed by atoms with Gasteiger partial charge in [-0.3, -0.25) is 4.79 Å². The first kappa shape index (κ1) is 20.2. The van der Waals surface area contributed by atoms with Gasteiger partial charge in [0.1, 0.15) is 0 Å². The second-order valence-electron chi connectivity index (χ2n) is 4.92. The van der Waals surface area contributed by atoms with Gasteiger partial charge in [-0.15, -0.1) is 12.4 Å². The van der Waals surface area contributed by atoms with Crippen molar-refractivity contribution < 1.29 is 9.59 Å². The molecule has 0 saturated carbocycles. The summed E-state index contributed by atoms with van der Waals surface area (Å²) in [7, 11) is 0. The number of urea groups is 1. The maximum atomic E-state index is 11.7. The Hall–Kier alpha value is -1.79. The molecule has 0 aliphatic rings. The molecule has 7 heteroatoms. The predicted molar refractivity (Wildman–Crippen MR) is 90.9 cm³/mol. The number of hydrogen-bond acceptors (Lipinski definition) is 3. The van der Waals surface area contributed by atoms with Crippen LogP contribution in [-0.2, 0) is 11.3 Å². The largest absolute Gasteiger partial charge is 0.352 e. The van der Waals surface area contributed by atoms with Crippen molar-refractivity contribution in [3.63, 3.8) is 0 Å². The van der Waals surface area contributed by atoms with Gasteiger partial charge in [0.2, 0.25) is 5.91 Å². The van der Waals surface area contributed by atoms with Crippen molar-refractivity contribution in [3.05, 3.63) is 29.8 Å². The zero-order valence-corrected chi connectivity index (χ0v) is 13.5. The average Bonchev–Trinajstić information content (AvgIpc) is 2.46. The molecule has 0 radical (unpaired) electrons. The molecule has 1 aromatic carbocycles. The summed E-state index contributed by atoms with van der Waals surface area (Å²) in [5.74, 6) is 0.0192. The number of anilines is 1. The van der Waals surface area contributed by atoms with Crippen LogP contribution in [0.4, 0.5) is 10.5 Å². The Kier molecular flexibility index (Phi) is 10.9. The standard InChI is InChI=1S/C15H24N4O2.ClH/c16-10-4-2-1-3-5-14(20)19-13-8-6-12(7-9-13)11-18-15(17)21;/h6-9H,1-5,10-11,16H2,(H,19,20)(H3,17,18,21);1H. The zero-order chi connectivity index (χ0) is 15.5. The predicted octanol–water partition coefficient (Wildman–Crippen LogP) is 2.12. The minimum atomic E-state index is -0.554. The normalized spacial score (nSPS) is 9.68. The number of rotatable bonds is 9. The monoisotopic (exact) mass is 328 g/mol. The van der Waals surface area contributed by atoms with E-state index in [-0.39, 0.29) is 18.3 Å². The van der Waals surface area contributed by atoms with E-state index in [1.54, 1.807) is 0 Å². The third-order valence-corrected chi connectivity index (χ3v) is 3.06. The van der Waals surface area contributed by atoms with E-state index >= 15 is 0 Å². The highest BCUT2D eigenvalue weighted by atomic mass is 35.5. The van der Waals surface area contributed by atoms with Gasteiger partial charge in [0.15, 0.2) is 0 Å². The van der Waals surface area contributed by atoms with E-state index in [1.807, 2.05) is 24.3 Å². The van der Waals surface area contributed by atoms with E-state index in [4.69, 9.17) is 11.5 Å². The maximum Gasteiger partial charge on any atom is 0.312 e. The van der Waals surface area contributed by atoms with Crippen LogP contribution in [0.25, 0.3) is 0 Å². The molecule has 0 aliphatic heterocycles. The lowest BCUT2D eigenvalue weighted by atomic mass is 10.1. The van der Waals surface area contributed by atoms with Gasteiger partial charge in [-0.1, -0.05) is 25.0 Å². The molecule has 0 spiro atoms. The van der Waals surface area contributed by atoms with Gasteiger partial charge in [-0.25, -0.2) is 4.79 Å². The fraction of sp³-hybridized carbons (Fsp3) is 0.467. The molecule has 0 fully saturated rings. The molecule has 0 saturated heterocycles. The lowest BCUT2D eigenvalue weighted by Gasteiger charge is -2.07. The molecule has 6 N–H and O–H groups in total. The minimum absolute atomic E-state index is 0. The van der Waals surface area contributed by atoms with Crippen LogP contribution >= 0.6 is 12.4 Å². The number of carbonyl (C=O) groups excluding carboxylic acids is 2. The second-order valence-corrected chi connectivity index (χ2v) is 4.92. The molecule has 3 amide bonds. The topological polar surface area (TPSA) is 110 Å². The van der Waals surface area contributed by atoms with Gasteiger partial charge in [0, 0.05) is 18.7 Å². The van der Waals surface area contributed by atoms with E-state index in [2.05, 4.69) is 10.6 Å². The fourth-order valence-electron chi connectivity index (χ4n) is 1.90. The zero-order valence-electron chi connectivity index (χ0n) is 12.6. The van der Waals surface area contributed by atoms with Gasteiger partial charge in [0.05, 0.1) is 0 Å². The van der Waals surface area contributed by atoms with Crippen molar-refractivity contribution in [1.29, 1.82) is 0 Å². The van der Waals surface area contributed by atoms with Gasteiger partial charge >= 0.3 is 6.03 Å². The summed E-state index contributed by atoms with van der Waals surface area (Å²) in [6.07, 6.45) is 4.53. The number of carbonyl (C=O) groups is 2. The fourth-order valence-corrected chi connectivity index (χ4v) is 1.90. The average molecular weight is 329 g/mol. The van der Waals surface area contributed by atoms with Gasteiger partial charge in [0.25, 0.3) is 0 Å². The molecule has 0 bridgehead atoms. The molecule has 22 heavy (non-hydrogen) atoms. The highest BCUT2D eigenvalue weighted by Gasteiger charge is 2.02. The summed E-state index contributed by atoms with van der Waals surface area (Å²) in [4.78, 5) is 22.3. The minimum Gasteiger partial charge on any atom is -0.352 e. The van der Waals surface area contributed by atoms with Crippen molar-refractivity contribution >= 4 is 30.0 Å². The Labute approximate surface area is 137 Å². The van der Waals surface area contributed by atoms with E-state index < -0.39 is 6.03 Å². The summed E-state index contributed by atoms with van der Waals surface area (Å²) >= 11 is 0. The van der Waals surface area contributed by atoms with E-state index in [0.29, 0.717) is 19.5 Å². The van der Waals surface area contributed by atoms with Crippen LogP contribution in [0.1, 0.15) is 37.7 Å². The number of nitrogens with one attached hydrogen (secondary N) is 2. The first-order chi connectivity index (χ1) is 10.1. The van der Waals surface area contributed by atoms with Gasteiger partial charge in [-0.05, 0) is 37.1 Å². The van der Waals surface area contributed by atoms with Crippen LogP contribution in [-0.4, -0.2) is 18.5 Å². The number of nitrogens with two attached hydrogens (primary N) is 2. The van der Waals surface area contributed by atoms with E-state index in [1.165, 1.54) is 0 Å². The number of hydrogen-bond donors (Lipinski definition) is 4. The summed E-state index contributed by atoms with van der Waals surface area (Å²) in [6, 6.07) is 6.75. The molecular formula is C15H25ClN4O2. The maximum absolute atomic E-state index is 11.7. The van der Waals surface area contributed by atoms with Crippen molar-refractivity contribution in [2.75, 3.05) is 11.9 Å². The molecule has 1 aromatic rings. The third-order valence-electron chi connectivity index (χ3n) is 3.06. The second kappa shape index (κ2) is 11.8. The molecule has 0 aliphatic carbocycles. The molecule has 0 aromatic heterocycles. The molecule has 1 rings (SSSR count). The first-order valence-electron chi connectivity index (χ1n) is 7.24. The summed E-state index contributed by atoms with van der Waals surface area (Å²) in [5, 5.41) is 5.36. The Balaban J connectivity index is 0.00000441. The van der Waals surface area contributed by atoms with Crippen LogP contribution in [0.3, 0.4) is 0 Å². The SMILES string of the molecule is Cl.NCCCCCCC(=O)Nc1ccc(CNC(N)=O)cc1. The Morgan fingerprint density at radius 2 is 1.64 bits per heavy atom. The quantitative estimate of drug-likeness (QED) is 0.521. The summed E-state index contributed by atoms with van der Waals surface area (Å²) in [5.41, 5.74) is 12.1. The lowest BCUT2D eigenvalue weighted by molar-refractivity contribution is -0.116.